The second kappa shape index (κ2) is 6.98. The molecule has 1 aliphatic rings. The summed E-state index contributed by atoms with van der Waals surface area (Å²) in [6.07, 6.45) is 0. The molecule has 1 aliphatic heterocycles. The van der Waals surface area contributed by atoms with Crippen molar-refractivity contribution in [1.82, 2.24) is 4.90 Å². The zero-order valence-electron chi connectivity index (χ0n) is 13.1. The predicted molar refractivity (Wildman–Crippen MR) is 85.1 cm³/mol. The van der Waals surface area contributed by atoms with E-state index in [1.165, 1.54) is 36.4 Å². The average Bonchev–Trinajstić information content (AvgIpc) is 2.61. The topological polar surface area (TPSA) is 66.8 Å². The molecule has 1 atom stereocenters. The number of ether oxygens (including phenoxy) is 1. The molecule has 0 unspecified atom stereocenters. The molecule has 0 spiro atoms. The third kappa shape index (κ3) is 3.51. The van der Waals surface area contributed by atoms with Gasteiger partial charge in [0.2, 0.25) is 0 Å². The molecule has 0 bridgehead atoms. The van der Waals surface area contributed by atoms with Gasteiger partial charge in [0.15, 0.2) is 6.04 Å². The number of hydrogen-bond acceptors (Lipinski definition) is 3. The fraction of sp³-hybridized carbons (Fsp3) is 0.222. The van der Waals surface area contributed by atoms with Crippen LogP contribution >= 0.6 is 0 Å². The minimum absolute atomic E-state index is 0.0783. The number of benzene rings is 2. The first-order valence-corrected chi connectivity index (χ1v) is 7.64. The lowest BCUT2D eigenvalue weighted by molar-refractivity contribution is -0.147. The summed E-state index contributed by atoms with van der Waals surface area (Å²) < 4.78 is 32.5. The van der Waals surface area contributed by atoms with E-state index in [9.17, 15) is 23.5 Å². The van der Waals surface area contributed by atoms with Gasteiger partial charge in [-0.25, -0.2) is 13.6 Å². The zero-order valence-corrected chi connectivity index (χ0v) is 13.1. The molecular weight excluding hydrogens is 332 g/mol. The maximum atomic E-state index is 14.4. The Bertz CT molecular complexity index is 807. The largest absolute Gasteiger partial charge is 0.480 e. The van der Waals surface area contributed by atoms with E-state index in [4.69, 9.17) is 4.74 Å². The zero-order chi connectivity index (χ0) is 18.0. The van der Waals surface area contributed by atoms with Gasteiger partial charge in [-0.2, -0.15) is 0 Å². The van der Waals surface area contributed by atoms with Crippen molar-refractivity contribution in [3.05, 3.63) is 59.7 Å². The molecule has 130 valence electrons. The minimum atomic E-state index is -1.20. The SMILES string of the molecule is O=C(O)[C@H]1COCCN1C(=O)c1ccc(-c2ccc(F)cc2)cc1F. The van der Waals surface area contributed by atoms with Crippen LogP contribution in [0.15, 0.2) is 42.5 Å². The molecule has 1 fully saturated rings. The third-order valence-corrected chi connectivity index (χ3v) is 4.05. The van der Waals surface area contributed by atoms with E-state index in [-0.39, 0.29) is 25.3 Å². The third-order valence-electron chi connectivity index (χ3n) is 4.05. The van der Waals surface area contributed by atoms with Gasteiger partial charge in [-0.05, 0) is 35.4 Å². The summed E-state index contributed by atoms with van der Waals surface area (Å²) in [6, 6.07) is 8.43. The summed E-state index contributed by atoms with van der Waals surface area (Å²) in [5, 5.41) is 9.19. The molecule has 1 saturated heterocycles. The van der Waals surface area contributed by atoms with Crippen LogP contribution in [0.1, 0.15) is 10.4 Å². The molecule has 5 nitrogen and oxygen atoms in total. The molecule has 0 saturated carbocycles. The van der Waals surface area contributed by atoms with Crippen molar-refractivity contribution in [3.63, 3.8) is 0 Å². The molecule has 0 aliphatic carbocycles. The number of carboxylic acids is 1. The highest BCUT2D eigenvalue weighted by Gasteiger charge is 2.34. The second-order valence-corrected chi connectivity index (χ2v) is 5.63. The smallest absolute Gasteiger partial charge is 0.328 e. The first-order chi connectivity index (χ1) is 12.0. The Morgan fingerprint density at radius 3 is 2.40 bits per heavy atom. The maximum absolute atomic E-state index is 14.4. The normalized spacial score (nSPS) is 17.4. The van der Waals surface area contributed by atoms with E-state index in [1.54, 1.807) is 6.07 Å². The van der Waals surface area contributed by atoms with Crippen LogP contribution in [-0.2, 0) is 9.53 Å². The number of nitrogens with zero attached hydrogens (tertiary/aromatic N) is 1. The summed E-state index contributed by atoms with van der Waals surface area (Å²) >= 11 is 0. The summed E-state index contributed by atoms with van der Waals surface area (Å²) in [4.78, 5) is 24.9. The lowest BCUT2D eigenvalue weighted by Crippen LogP contribution is -2.52. The van der Waals surface area contributed by atoms with Crippen LogP contribution in [0.25, 0.3) is 11.1 Å². The monoisotopic (exact) mass is 347 g/mol. The first kappa shape index (κ1) is 17.0. The second-order valence-electron chi connectivity index (χ2n) is 5.63. The number of halogens is 2. The van der Waals surface area contributed by atoms with Gasteiger partial charge in [0.25, 0.3) is 5.91 Å². The van der Waals surface area contributed by atoms with Gasteiger partial charge in [-0.3, -0.25) is 4.79 Å². The van der Waals surface area contributed by atoms with Crippen molar-refractivity contribution in [1.29, 1.82) is 0 Å². The average molecular weight is 347 g/mol. The Labute approximate surface area is 142 Å². The molecule has 0 radical (unpaired) electrons. The highest BCUT2D eigenvalue weighted by molar-refractivity contribution is 5.97. The van der Waals surface area contributed by atoms with Crippen LogP contribution in [-0.4, -0.2) is 47.7 Å². The van der Waals surface area contributed by atoms with Crippen molar-refractivity contribution in [2.45, 2.75) is 6.04 Å². The van der Waals surface area contributed by atoms with E-state index in [1.807, 2.05) is 0 Å². The molecule has 7 heteroatoms. The van der Waals surface area contributed by atoms with E-state index in [0.29, 0.717) is 11.1 Å². The quantitative estimate of drug-likeness (QED) is 0.927. The minimum Gasteiger partial charge on any atom is -0.480 e. The van der Waals surface area contributed by atoms with Gasteiger partial charge < -0.3 is 14.7 Å². The Balaban J connectivity index is 1.88. The standard InChI is InChI=1S/C18H15F2NO4/c19-13-4-1-11(2-5-13)12-3-6-14(15(20)9-12)17(22)21-7-8-25-10-16(21)18(23)24/h1-6,9,16H,7-8,10H2,(H,23,24)/t16-/m1/s1. The predicted octanol–water partition coefficient (Wildman–Crippen LogP) is 2.56. The number of rotatable bonds is 3. The van der Waals surface area contributed by atoms with Gasteiger partial charge in [-0.15, -0.1) is 0 Å². The summed E-state index contributed by atoms with van der Waals surface area (Å²) in [6.45, 7) is 0.149. The van der Waals surface area contributed by atoms with Crippen LogP contribution in [0, 0.1) is 11.6 Å². The first-order valence-electron chi connectivity index (χ1n) is 7.64. The molecule has 1 heterocycles. The van der Waals surface area contributed by atoms with Gasteiger partial charge in [-0.1, -0.05) is 18.2 Å². The Hall–Kier alpha value is -2.80. The van der Waals surface area contributed by atoms with Crippen LogP contribution in [0.2, 0.25) is 0 Å². The molecule has 1 N–H and O–H groups in total. The summed E-state index contributed by atoms with van der Waals surface area (Å²) in [7, 11) is 0. The Morgan fingerprint density at radius 1 is 1.08 bits per heavy atom. The van der Waals surface area contributed by atoms with Crippen molar-refractivity contribution >= 4 is 11.9 Å². The van der Waals surface area contributed by atoms with E-state index in [2.05, 4.69) is 0 Å². The number of aliphatic carboxylic acids is 1. The van der Waals surface area contributed by atoms with Crippen molar-refractivity contribution < 1.29 is 28.2 Å². The van der Waals surface area contributed by atoms with E-state index in [0.717, 1.165) is 4.90 Å². The summed E-state index contributed by atoms with van der Waals surface area (Å²) in [5.74, 6) is -3.05. The van der Waals surface area contributed by atoms with E-state index < -0.39 is 29.6 Å². The maximum Gasteiger partial charge on any atom is 0.328 e. The number of carbonyl (C=O) groups excluding carboxylic acids is 1. The van der Waals surface area contributed by atoms with E-state index >= 15 is 0 Å². The van der Waals surface area contributed by atoms with Crippen LogP contribution < -0.4 is 0 Å². The fourth-order valence-electron chi connectivity index (χ4n) is 2.72. The van der Waals surface area contributed by atoms with Crippen molar-refractivity contribution in [2.24, 2.45) is 0 Å². The number of hydrogen-bond donors (Lipinski definition) is 1. The fourth-order valence-corrected chi connectivity index (χ4v) is 2.72. The highest BCUT2D eigenvalue weighted by Crippen LogP contribution is 2.24. The van der Waals surface area contributed by atoms with Gasteiger partial charge in [0.05, 0.1) is 18.8 Å². The molecule has 25 heavy (non-hydrogen) atoms. The number of amides is 1. The Morgan fingerprint density at radius 2 is 1.76 bits per heavy atom. The van der Waals surface area contributed by atoms with Crippen LogP contribution in [0.3, 0.4) is 0 Å². The molecular formula is C18H15F2NO4. The van der Waals surface area contributed by atoms with Gasteiger partial charge >= 0.3 is 5.97 Å². The van der Waals surface area contributed by atoms with Gasteiger partial charge in [0.1, 0.15) is 11.6 Å². The van der Waals surface area contributed by atoms with Crippen LogP contribution in [0.4, 0.5) is 8.78 Å². The molecule has 3 rings (SSSR count). The van der Waals surface area contributed by atoms with Crippen molar-refractivity contribution in [2.75, 3.05) is 19.8 Å². The van der Waals surface area contributed by atoms with Crippen molar-refractivity contribution in [3.8, 4) is 11.1 Å². The molecule has 2 aromatic rings. The number of carboxylic acid groups (broad SMARTS) is 1. The number of morpholine rings is 1. The number of carbonyl (C=O) groups is 2. The summed E-state index contributed by atoms with van der Waals surface area (Å²) in [5.41, 5.74) is 0.888. The van der Waals surface area contributed by atoms with Crippen LogP contribution in [0.5, 0.6) is 0 Å². The van der Waals surface area contributed by atoms with Gasteiger partial charge in [0, 0.05) is 6.54 Å². The highest BCUT2D eigenvalue weighted by atomic mass is 19.1. The Kier molecular flexibility index (Phi) is 4.76. The lowest BCUT2D eigenvalue weighted by Gasteiger charge is -2.33. The lowest BCUT2D eigenvalue weighted by atomic mass is 10.0. The molecule has 0 aromatic heterocycles. The molecule has 1 amide bonds. The molecule has 2 aromatic carbocycles.